The van der Waals surface area contributed by atoms with E-state index in [4.69, 9.17) is 23.2 Å². The van der Waals surface area contributed by atoms with Crippen molar-refractivity contribution >= 4 is 46.6 Å². The van der Waals surface area contributed by atoms with E-state index < -0.39 is 0 Å². The number of hydrogen-bond acceptors (Lipinski definition) is 5. The van der Waals surface area contributed by atoms with Crippen molar-refractivity contribution in [2.75, 3.05) is 11.1 Å². The third kappa shape index (κ3) is 4.37. The normalized spacial score (nSPS) is 15.0. The first kappa shape index (κ1) is 16.5. The Kier molecular flexibility index (Phi) is 5.40. The van der Waals surface area contributed by atoms with Gasteiger partial charge in [0.05, 0.1) is 11.8 Å². The van der Waals surface area contributed by atoms with E-state index in [-0.39, 0.29) is 11.7 Å². The number of rotatable bonds is 5. The average Bonchev–Trinajstić information content (AvgIpc) is 3.15. The Labute approximate surface area is 147 Å². The molecule has 9 heteroatoms. The Bertz CT molecular complexity index is 682. The van der Waals surface area contributed by atoms with Crippen molar-refractivity contribution in [3.8, 4) is 0 Å². The molecule has 1 N–H and O–H groups in total. The van der Waals surface area contributed by atoms with Gasteiger partial charge in [-0.25, -0.2) is 4.68 Å². The van der Waals surface area contributed by atoms with E-state index in [0.717, 1.165) is 12.8 Å². The van der Waals surface area contributed by atoms with Gasteiger partial charge < -0.3 is 5.32 Å². The molecule has 0 atom stereocenters. The molecule has 122 valence electrons. The molecule has 1 aromatic heterocycles. The zero-order valence-corrected chi connectivity index (χ0v) is 14.5. The molecule has 1 aromatic carbocycles. The summed E-state index contributed by atoms with van der Waals surface area (Å²) < 4.78 is 1.83. The third-order valence-electron chi connectivity index (χ3n) is 3.61. The summed E-state index contributed by atoms with van der Waals surface area (Å²) in [6.45, 7) is 0. The second kappa shape index (κ2) is 7.51. The van der Waals surface area contributed by atoms with Gasteiger partial charge in [-0.3, -0.25) is 4.79 Å². The van der Waals surface area contributed by atoms with Crippen molar-refractivity contribution < 1.29 is 4.79 Å². The summed E-state index contributed by atoms with van der Waals surface area (Å²) in [7, 11) is 0. The Hall–Kier alpha value is -1.31. The first-order valence-corrected chi connectivity index (χ1v) is 9.02. The number of nitrogens with zero attached hydrogens (tertiary/aromatic N) is 4. The molecule has 0 unspecified atom stereocenters. The number of hydrogen-bond donors (Lipinski definition) is 1. The summed E-state index contributed by atoms with van der Waals surface area (Å²) in [6.07, 6.45) is 4.58. The molecule has 0 saturated heterocycles. The van der Waals surface area contributed by atoms with Gasteiger partial charge in [0.25, 0.3) is 0 Å². The number of tetrazole rings is 1. The first-order chi connectivity index (χ1) is 11.1. The average molecular weight is 372 g/mol. The lowest BCUT2D eigenvalue weighted by Crippen LogP contribution is -2.15. The molecule has 1 amide bonds. The number of halogens is 2. The summed E-state index contributed by atoms with van der Waals surface area (Å²) in [5.41, 5.74) is 0.573. The van der Waals surface area contributed by atoms with Crippen molar-refractivity contribution in [2.24, 2.45) is 0 Å². The molecule has 1 saturated carbocycles. The number of nitrogens with one attached hydrogen (secondary N) is 1. The van der Waals surface area contributed by atoms with Crippen molar-refractivity contribution in [1.29, 1.82) is 0 Å². The highest BCUT2D eigenvalue weighted by Crippen LogP contribution is 2.31. The van der Waals surface area contributed by atoms with Crippen LogP contribution in [0.3, 0.4) is 0 Å². The molecule has 23 heavy (non-hydrogen) atoms. The molecule has 1 fully saturated rings. The molecule has 6 nitrogen and oxygen atoms in total. The van der Waals surface area contributed by atoms with Gasteiger partial charge in [-0.2, -0.15) is 0 Å². The van der Waals surface area contributed by atoms with E-state index in [2.05, 4.69) is 20.8 Å². The number of benzene rings is 1. The highest BCUT2D eigenvalue weighted by molar-refractivity contribution is 7.99. The second-order valence-corrected chi connectivity index (χ2v) is 7.15. The standard InChI is InChI=1S/C14H15Cl2N5OS/c15-9-5-10(16)7-11(6-9)17-13(22)8-23-14-18-19-20-21(14)12-3-1-2-4-12/h5-7,12H,1-4,8H2,(H,17,22). The van der Waals surface area contributed by atoms with Gasteiger partial charge in [-0.15, -0.1) is 5.10 Å². The molecule has 1 aliphatic rings. The fraction of sp³-hybridized carbons (Fsp3) is 0.429. The molecule has 0 spiro atoms. The first-order valence-electron chi connectivity index (χ1n) is 7.28. The van der Waals surface area contributed by atoms with Crippen molar-refractivity contribution in [3.05, 3.63) is 28.2 Å². The molecule has 0 radical (unpaired) electrons. The van der Waals surface area contributed by atoms with Gasteiger partial charge in [-0.05, 0) is 41.5 Å². The lowest BCUT2D eigenvalue weighted by molar-refractivity contribution is -0.113. The van der Waals surface area contributed by atoms with Crippen LogP contribution in [-0.2, 0) is 4.79 Å². The maximum Gasteiger partial charge on any atom is 0.234 e. The topological polar surface area (TPSA) is 72.7 Å². The summed E-state index contributed by atoms with van der Waals surface area (Å²) in [5, 5.41) is 16.2. The van der Waals surface area contributed by atoms with Crippen molar-refractivity contribution in [3.63, 3.8) is 0 Å². The molecule has 1 aliphatic carbocycles. The number of aromatic nitrogens is 4. The second-order valence-electron chi connectivity index (χ2n) is 5.34. The van der Waals surface area contributed by atoms with Crippen molar-refractivity contribution in [2.45, 2.75) is 36.9 Å². The van der Waals surface area contributed by atoms with E-state index in [1.165, 1.54) is 24.6 Å². The van der Waals surface area contributed by atoms with Crippen LogP contribution in [0.2, 0.25) is 10.0 Å². The van der Waals surface area contributed by atoms with Crippen LogP contribution in [0.15, 0.2) is 23.4 Å². The minimum Gasteiger partial charge on any atom is -0.325 e. The van der Waals surface area contributed by atoms with E-state index in [0.29, 0.717) is 26.9 Å². The maximum absolute atomic E-state index is 12.1. The van der Waals surface area contributed by atoms with Crippen LogP contribution < -0.4 is 5.32 Å². The van der Waals surface area contributed by atoms with E-state index in [1.807, 2.05) is 4.68 Å². The van der Waals surface area contributed by atoms with Crippen LogP contribution >= 0.6 is 35.0 Å². The molecular weight excluding hydrogens is 357 g/mol. The van der Waals surface area contributed by atoms with Crippen LogP contribution in [-0.4, -0.2) is 31.9 Å². The van der Waals surface area contributed by atoms with Crippen LogP contribution in [0.5, 0.6) is 0 Å². The Morgan fingerprint density at radius 1 is 1.26 bits per heavy atom. The zero-order valence-electron chi connectivity index (χ0n) is 12.2. The summed E-state index contributed by atoms with van der Waals surface area (Å²) in [4.78, 5) is 12.1. The predicted molar refractivity (Wildman–Crippen MR) is 91.1 cm³/mol. The number of thioether (sulfide) groups is 1. The van der Waals surface area contributed by atoms with Crippen LogP contribution in [0.25, 0.3) is 0 Å². The van der Waals surface area contributed by atoms with Crippen LogP contribution in [0.4, 0.5) is 5.69 Å². The minimum atomic E-state index is -0.158. The van der Waals surface area contributed by atoms with Crippen LogP contribution in [0, 0.1) is 0 Å². The lowest BCUT2D eigenvalue weighted by Gasteiger charge is -2.10. The molecule has 1 heterocycles. The number of carbonyl (C=O) groups excluding carboxylic acids is 1. The van der Waals surface area contributed by atoms with Gasteiger partial charge in [0.2, 0.25) is 11.1 Å². The molecular formula is C14H15Cl2N5OS. The smallest absolute Gasteiger partial charge is 0.234 e. The zero-order chi connectivity index (χ0) is 16.2. The predicted octanol–water partition coefficient (Wildman–Crippen LogP) is 3.83. The van der Waals surface area contributed by atoms with Gasteiger partial charge in [-0.1, -0.05) is 47.8 Å². The molecule has 0 bridgehead atoms. The van der Waals surface area contributed by atoms with Gasteiger partial charge in [0.15, 0.2) is 0 Å². The number of carbonyl (C=O) groups is 1. The highest BCUT2D eigenvalue weighted by Gasteiger charge is 2.22. The Morgan fingerprint density at radius 2 is 1.96 bits per heavy atom. The van der Waals surface area contributed by atoms with E-state index in [1.54, 1.807) is 18.2 Å². The molecule has 3 rings (SSSR count). The quantitative estimate of drug-likeness (QED) is 0.808. The number of anilines is 1. The van der Waals surface area contributed by atoms with Gasteiger partial charge in [0.1, 0.15) is 0 Å². The van der Waals surface area contributed by atoms with E-state index >= 15 is 0 Å². The monoisotopic (exact) mass is 371 g/mol. The largest absolute Gasteiger partial charge is 0.325 e. The maximum atomic E-state index is 12.1. The highest BCUT2D eigenvalue weighted by atomic mass is 35.5. The van der Waals surface area contributed by atoms with Gasteiger partial charge in [0, 0.05) is 15.7 Å². The minimum absolute atomic E-state index is 0.158. The SMILES string of the molecule is O=C(CSc1nnnn1C1CCCC1)Nc1cc(Cl)cc(Cl)c1. The van der Waals surface area contributed by atoms with E-state index in [9.17, 15) is 4.79 Å². The lowest BCUT2D eigenvalue weighted by atomic mass is 10.3. The fourth-order valence-electron chi connectivity index (χ4n) is 2.61. The number of amides is 1. The Morgan fingerprint density at radius 3 is 2.65 bits per heavy atom. The molecule has 2 aromatic rings. The summed E-state index contributed by atoms with van der Waals surface area (Å²) in [6, 6.07) is 5.27. The summed E-state index contributed by atoms with van der Waals surface area (Å²) in [5.74, 6) is 0.0614. The van der Waals surface area contributed by atoms with Crippen molar-refractivity contribution in [1.82, 2.24) is 20.2 Å². The Balaban J connectivity index is 1.58. The van der Waals surface area contributed by atoms with Crippen LogP contribution in [0.1, 0.15) is 31.7 Å². The van der Waals surface area contributed by atoms with Gasteiger partial charge >= 0.3 is 0 Å². The fourth-order valence-corrected chi connectivity index (χ4v) is 3.88. The third-order valence-corrected chi connectivity index (χ3v) is 4.98. The molecule has 0 aliphatic heterocycles. The summed E-state index contributed by atoms with van der Waals surface area (Å²) >= 11 is 13.2.